The van der Waals surface area contributed by atoms with Crippen LogP contribution in [0.5, 0.6) is 0 Å². The Bertz CT molecular complexity index is 758. The van der Waals surface area contributed by atoms with Gasteiger partial charge in [0, 0.05) is 25.2 Å². The predicted octanol–water partition coefficient (Wildman–Crippen LogP) is 2.52. The number of sulfonamides is 1. The molecule has 138 valence electrons. The maximum absolute atomic E-state index is 12.9. The first-order valence-corrected chi connectivity index (χ1v) is 10.5. The molecule has 0 aliphatic carbocycles. The van der Waals surface area contributed by atoms with Crippen LogP contribution in [0.1, 0.15) is 37.0 Å². The number of amides is 1. The molecule has 6 nitrogen and oxygen atoms in total. The quantitative estimate of drug-likeness (QED) is 0.783. The highest BCUT2D eigenvalue weighted by atomic mass is 35.5. The van der Waals surface area contributed by atoms with Crippen LogP contribution in [-0.4, -0.2) is 56.8 Å². The minimum atomic E-state index is -3.38. The van der Waals surface area contributed by atoms with Crippen molar-refractivity contribution in [3.8, 4) is 0 Å². The van der Waals surface area contributed by atoms with E-state index < -0.39 is 10.0 Å². The van der Waals surface area contributed by atoms with E-state index in [4.69, 9.17) is 16.3 Å². The Morgan fingerprint density at radius 2 is 1.88 bits per heavy atom. The van der Waals surface area contributed by atoms with Crippen LogP contribution in [0.4, 0.5) is 5.69 Å². The largest absolute Gasteiger partial charge is 0.372 e. The summed E-state index contributed by atoms with van der Waals surface area (Å²) in [7, 11) is -3.38. The van der Waals surface area contributed by atoms with E-state index in [9.17, 15) is 13.2 Å². The number of anilines is 1. The van der Waals surface area contributed by atoms with Gasteiger partial charge in [-0.05, 0) is 44.9 Å². The lowest BCUT2D eigenvalue weighted by atomic mass is 10.1. The normalized spacial score (nSPS) is 26.5. The average Bonchev–Trinajstić information content (AvgIpc) is 2.54. The number of nitrogens with zero attached hydrogens (tertiary/aromatic N) is 2. The van der Waals surface area contributed by atoms with E-state index in [1.54, 1.807) is 23.1 Å². The van der Waals surface area contributed by atoms with Gasteiger partial charge in [-0.3, -0.25) is 9.10 Å². The Morgan fingerprint density at radius 3 is 2.52 bits per heavy atom. The summed E-state index contributed by atoms with van der Waals surface area (Å²) in [5, 5.41) is 0.339. The number of hydrogen-bond donors (Lipinski definition) is 0. The van der Waals surface area contributed by atoms with Crippen molar-refractivity contribution in [2.45, 2.75) is 38.9 Å². The van der Waals surface area contributed by atoms with E-state index in [-0.39, 0.29) is 23.9 Å². The number of halogens is 1. The zero-order chi connectivity index (χ0) is 18.2. The average molecular weight is 387 g/mol. The summed E-state index contributed by atoms with van der Waals surface area (Å²) in [6.45, 7) is 5.30. The number of rotatable bonds is 2. The number of carbonyl (C=O) groups excluding carboxylic acids is 1. The van der Waals surface area contributed by atoms with Gasteiger partial charge in [0.15, 0.2) is 0 Å². The Labute approximate surface area is 153 Å². The van der Waals surface area contributed by atoms with Gasteiger partial charge in [-0.25, -0.2) is 8.42 Å². The molecular formula is C17H23ClN2O4S. The molecule has 0 bridgehead atoms. The fourth-order valence-corrected chi connectivity index (χ4v) is 5.34. The van der Waals surface area contributed by atoms with Gasteiger partial charge in [-0.2, -0.15) is 0 Å². The highest BCUT2D eigenvalue weighted by molar-refractivity contribution is 7.92. The molecule has 25 heavy (non-hydrogen) atoms. The number of ether oxygens (including phenoxy) is 1. The first-order chi connectivity index (χ1) is 11.8. The lowest BCUT2D eigenvalue weighted by molar-refractivity contribution is -0.0586. The standard InChI is InChI=1S/C17H23ClN2O4S/c1-12-10-19(11-13(2)24-12)17(21)14-5-6-15(18)16(9-14)20-7-3-4-8-25(20,22)23/h5-6,9,12-13H,3-4,7-8,10-11H2,1-2H3/t12-,13-/m0/s1. The van der Waals surface area contributed by atoms with E-state index in [2.05, 4.69) is 0 Å². The lowest BCUT2D eigenvalue weighted by Crippen LogP contribution is -2.48. The van der Waals surface area contributed by atoms with E-state index in [0.717, 1.165) is 6.42 Å². The zero-order valence-electron chi connectivity index (χ0n) is 14.4. The molecule has 0 spiro atoms. The van der Waals surface area contributed by atoms with Crippen molar-refractivity contribution in [3.05, 3.63) is 28.8 Å². The van der Waals surface area contributed by atoms with E-state index in [1.165, 1.54) is 4.31 Å². The highest BCUT2D eigenvalue weighted by Gasteiger charge is 2.30. The number of hydrogen-bond acceptors (Lipinski definition) is 4. The maximum Gasteiger partial charge on any atom is 0.254 e. The number of morpholine rings is 1. The number of carbonyl (C=O) groups is 1. The Morgan fingerprint density at radius 1 is 1.20 bits per heavy atom. The van der Waals surface area contributed by atoms with E-state index in [0.29, 0.717) is 42.3 Å². The SMILES string of the molecule is C[C@H]1CN(C(=O)c2ccc(Cl)c(N3CCCCS3(=O)=O)c2)C[C@H](C)O1. The van der Waals surface area contributed by atoms with Crippen molar-refractivity contribution in [2.24, 2.45) is 0 Å². The van der Waals surface area contributed by atoms with Gasteiger partial charge in [0.1, 0.15) is 0 Å². The molecule has 1 aromatic carbocycles. The number of benzene rings is 1. The highest BCUT2D eigenvalue weighted by Crippen LogP contribution is 2.32. The summed E-state index contributed by atoms with van der Waals surface area (Å²) in [5.74, 6) is -0.0191. The van der Waals surface area contributed by atoms with Gasteiger partial charge in [-0.15, -0.1) is 0 Å². The molecule has 0 aromatic heterocycles. The van der Waals surface area contributed by atoms with Gasteiger partial charge in [0.25, 0.3) is 5.91 Å². The van der Waals surface area contributed by atoms with Gasteiger partial charge in [0.2, 0.25) is 10.0 Å². The van der Waals surface area contributed by atoms with Gasteiger partial charge >= 0.3 is 0 Å². The molecule has 3 rings (SSSR count). The molecule has 0 N–H and O–H groups in total. The molecule has 2 heterocycles. The van der Waals surface area contributed by atoms with Crippen LogP contribution in [0.25, 0.3) is 0 Å². The van der Waals surface area contributed by atoms with Crippen molar-refractivity contribution in [2.75, 3.05) is 29.7 Å². The third-order valence-corrected chi connectivity index (χ3v) is 6.69. The zero-order valence-corrected chi connectivity index (χ0v) is 16.0. The Balaban J connectivity index is 1.90. The van der Waals surface area contributed by atoms with Crippen LogP contribution in [0.2, 0.25) is 5.02 Å². The minimum Gasteiger partial charge on any atom is -0.372 e. The van der Waals surface area contributed by atoms with Gasteiger partial charge in [-0.1, -0.05) is 11.6 Å². The Hall–Kier alpha value is -1.31. The van der Waals surface area contributed by atoms with Crippen molar-refractivity contribution in [1.29, 1.82) is 0 Å². The van der Waals surface area contributed by atoms with Crippen molar-refractivity contribution < 1.29 is 17.9 Å². The summed E-state index contributed by atoms with van der Waals surface area (Å²) in [6, 6.07) is 4.84. The van der Waals surface area contributed by atoms with Gasteiger partial charge < -0.3 is 9.64 Å². The Kier molecular flexibility index (Phi) is 5.27. The van der Waals surface area contributed by atoms with E-state index in [1.807, 2.05) is 13.8 Å². The monoisotopic (exact) mass is 386 g/mol. The van der Waals surface area contributed by atoms with Crippen LogP contribution in [-0.2, 0) is 14.8 Å². The molecule has 1 aromatic rings. The molecule has 8 heteroatoms. The molecule has 0 saturated carbocycles. The molecular weight excluding hydrogens is 364 g/mol. The van der Waals surface area contributed by atoms with Crippen LogP contribution in [0.3, 0.4) is 0 Å². The molecule has 2 aliphatic rings. The topological polar surface area (TPSA) is 66.9 Å². The van der Waals surface area contributed by atoms with Crippen LogP contribution in [0.15, 0.2) is 18.2 Å². The smallest absolute Gasteiger partial charge is 0.254 e. The van der Waals surface area contributed by atoms with Crippen LogP contribution >= 0.6 is 11.6 Å². The van der Waals surface area contributed by atoms with Crippen molar-refractivity contribution >= 4 is 33.2 Å². The summed E-state index contributed by atoms with van der Waals surface area (Å²) in [4.78, 5) is 14.6. The second-order valence-corrected chi connectivity index (χ2v) is 9.15. The van der Waals surface area contributed by atoms with Crippen LogP contribution in [0, 0.1) is 0 Å². The van der Waals surface area contributed by atoms with E-state index >= 15 is 0 Å². The van der Waals surface area contributed by atoms with Crippen molar-refractivity contribution in [3.63, 3.8) is 0 Å². The second kappa shape index (κ2) is 7.13. The maximum atomic E-state index is 12.9. The van der Waals surface area contributed by atoms with Crippen LogP contribution < -0.4 is 4.31 Å². The summed E-state index contributed by atoms with van der Waals surface area (Å²) < 4.78 is 31.7. The minimum absolute atomic E-state index is 0.0260. The summed E-state index contributed by atoms with van der Waals surface area (Å²) in [6.07, 6.45) is 1.38. The molecule has 1 amide bonds. The first kappa shape index (κ1) is 18.5. The molecule has 2 saturated heterocycles. The van der Waals surface area contributed by atoms with Gasteiger partial charge in [0.05, 0.1) is 28.7 Å². The summed E-state index contributed by atoms with van der Waals surface area (Å²) >= 11 is 6.24. The fraction of sp³-hybridized carbons (Fsp3) is 0.588. The predicted molar refractivity (Wildman–Crippen MR) is 97.7 cm³/mol. The first-order valence-electron chi connectivity index (χ1n) is 8.52. The third-order valence-electron chi connectivity index (χ3n) is 4.52. The molecule has 2 fully saturated rings. The molecule has 0 radical (unpaired) electrons. The second-order valence-electron chi connectivity index (χ2n) is 6.73. The molecule has 0 unspecified atom stereocenters. The molecule has 2 aliphatic heterocycles. The summed E-state index contributed by atoms with van der Waals surface area (Å²) in [5.41, 5.74) is 0.836. The fourth-order valence-electron chi connectivity index (χ4n) is 3.42. The molecule has 2 atom stereocenters. The van der Waals surface area contributed by atoms with Crippen molar-refractivity contribution in [1.82, 2.24) is 4.90 Å². The lowest BCUT2D eigenvalue weighted by Gasteiger charge is -2.35. The third kappa shape index (κ3) is 3.93.